The Morgan fingerprint density at radius 3 is 2.38 bits per heavy atom. The molecule has 0 unspecified atom stereocenters. The first kappa shape index (κ1) is 26.0. The Hall–Kier alpha value is -4.05. The minimum Gasteiger partial charge on any atom is -0.344 e. The van der Waals surface area contributed by atoms with Gasteiger partial charge in [-0.1, -0.05) is 30.3 Å². The molecule has 0 bridgehead atoms. The number of nitrogens with two attached hydrogens (primary N) is 1. The highest BCUT2D eigenvalue weighted by Crippen LogP contribution is 2.34. The second-order valence-corrected chi connectivity index (χ2v) is 8.98. The van der Waals surface area contributed by atoms with E-state index >= 15 is 0 Å². The minimum atomic E-state index is -4.45. The van der Waals surface area contributed by atoms with Gasteiger partial charge in [0, 0.05) is 24.3 Å². The first-order chi connectivity index (χ1) is 17.6. The smallest absolute Gasteiger partial charge is 0.344 e. The Balaban J connectivity index is 1.50. The van der Waals surface area contributed by atoms with E-state index in [1.807, 2.05) is 27.0 Å². The molecule has 0 aliphatic carbocycles. The van der Waals surface area contributed by atoms with Crippen molar-refractivity contribution in [1.82, 2.24) is 25.1 Å². The molecule has 2 aromatic heterocycles. The largest absolute Gasteiger partial charge is 0.416 e. The summed E-state index contributed by atoms with van der Waals surface area (Å²) in [4.78, 5) is 21.2. The van der Waals surface area contributed by atoms with Crippen LogP contribution < -0.4 is 11.1 Å². The fourth-order valence-electron chi connectivity index (χ4n) is 3.90. The lowest BCUT2D eigenvalue weighted by Gasteiger charge is -2.16. The zero-order valence-electron chi connectivity index (χ0n) is 20.6. The number of hydrogen-bond donors (Lipinski definition) is 2. The fraction of sp³-hybridized carbons (Fsp3) is 0.259. The molecule has 0 fully saturated rings. The van der Waals surface area contributed by atoms with E-state index in [0.717, 1.165) is 23.3 Å². The summed E-state index contributed by atoms with van der Waals surface area (Å²) in [5.41, 5.74) is 9.02. The zero-order valence-corrected chi connectivity index (χ0v) is 20.6. The summed E-state index contributed by atoms with van der Waals surface area (Å²) < 4.78 is 41.5. The summed E-state index contributed by atoms with van der Waals surface area (Å²) in [6.45, 7) is 5.96. The van der Waals surface area contributed by atoms with Gasteiger partial charge in [0.05, 0.1) is 23.5 Å². The number of carbonyl (C=O) groups excluding carboxylic acids is 1. The molecule has 0 aliphatic rings. The highest BCUT2D eigenvalue weighted by atomic mass is 19.4. The van der Waals surface area contributed by atoms with Crippen LogP contribution in [0.25, 0.3) is 22.4 Å². The quantitative estimate of drug-likeness (QED) is 0.341. The van der Waals surface area contributed by atoms with Gasteiger partial charge in [-0.05, 0) is 61.2 Å². The van der Waals surface area contributed by atoms with Crippen LogP contribution in [0.2, 0.25) is 0 Å². The zero-order chi connectivity index (χ0) is 26.7. The second kappa shape index (κ2) is 10.5. The van der Waals surface area contributed by atoms with Crippen LogP contribution >= 0.6 is 0 Å². The average Bonchev–Trinajstić information content (AvgIpc) is 3.39. The Labute approximate surface area is 212 Å². The highest BCUT2D eigenvalue weighted by Gasteiger charge is 2.31. The predicted molar refractivity (Wildman–Crippen MR) is 134 cm³/mol. The molecule has 1 atom stereocenters. The number of rotatable bonds is 7. The number of nitrogens with one attached hydrogen (secondary N) is 1. The van der Waals surface area contributed by atoms with Crippen LogP contribution in [0.3, 0.4) is 0 Å². The number of nitrogens with zero attached hydrogens (tertiary/aromatic N) is 4. The van der Waals surface area contributed by atoms with Gasteiger partial charge in [-0.2, -0.15) is 18.3 Å². The maximum Gasteiger partial charge on any atom is 0.416 e. The lowest BCUT2D eigenvalue weighted by Crippen LogP contribution is -2.27. The van der Waals surface area contributed by atoms with Gasteiger partial charge in [0.2, 0.25) is 0 Å². The van der Waals surface area contributed by atoms with E-state index in [-0.39, 0.29) is 30.2 Å². The van der Waals surface area contributed by atoms with Gasteiger partial charge in [0.15, 0.2) is 0 Å². The van der Waals surface area contributed by atoms with Crippen LogP contribution in [0.1, 0.15) is 60.0 Å². The van der Waals surface area contributed by atoms with Crippen molar-refractivity contribution in [2.75, 3.05) is 0 Å². The minimum absolute atomic E-state index is 0.112. The van der Waals surface area contributed by atoms with Gasteiger partial charge in [-0.25, -0.2) is 9.97 Å². The van der Waals surface area contributed by atoms with E-state index in [9.17, 15) is 18.0 Å². The molecule has 37 heavy (non-hydrogen) atoms. The first-order valence-corrected chi connectivity index (χ1v) is 11.7. The molecule has 0 radical (unpaired) electrons. The van der Waals surface area contributed by atoms with Gasteiger partial charge < -0.3 is 11.1 Å². The number of halogens is 3. The topological polar surface area (TPSA) is 98.7 Å². The SMILES string of the molecule is CC(C)n1cc(-c2cc(C(=O)N[C@H](C)c3ccc(-c4cc(C(F)(F)F)ccc4CN)cc3)ncn2)cn1. The second-order valence-electron chi connectivity index (χ2n) is 8.98. The number of carbonyl (C=O) groups is 1. The average molecular weight is 509 g/mol. The van der Waals surface area contributed by atoms with Crippen LogP contribution in [0.5, 0.6) is 0 Å². The van der Waals surface area contributed by atoms with E-state index in [0.29, 0.717) is 22.4 Å². The summed E-state index contributed by atoms with van der Waals surface area (Å²) in [5, 5.41) is 7.21. The van der Waals surface area contributed by atoms with Crippen molar-refractivity contribution >= 4 is 5.91 Å². The summed E-state index contributed by atoms with van der Waals surface area (Å²) in [5.74, 6) is -0.375. The normalized spacial score (nSPS) is 12.5. The Morgan fingerprint density at radius 2 is 1.76 bits per heavy atom. The third-order valence-corrected chi connectivity index (χ3v) is 6.05. The molecule has 0 saturated carbocycles. The molecule has 3 N–H and O–H groups in total. The summed E-state index contributed by atoms with van der Waals surface area (Å²) in [7, 11) is 0. The van der Waals surface area contributed by atoms with Crippen LogP contribution in [-0.2, 0) is 12.7 Å². The number of aromatic nitrogens is 4. The standard InChI is InChI=1S/C27H27F3N6O/c1-16(2)36-14-21(13-34-36)24-11-25(33-15-32-24)26(37)35-17(3)18-4-6-19(7-5-18)23-10-22(27(28,29)30)9-8-20(23)12-31/h4-11,13-17H,12,31H2,1-3H3,(H,35,37)/t17-/m1/s1. The van der Waals surface area contributed by atoms with Crippen molar-refractivity contribution in [2.24, 2.45) is 5.73 Å². The summed E-state index contributed by atoms with van der Waals surface area (Å²) in [6, 6.07) is 12.0. The number of amides is 1. The Kier molecular flexibility index (Phi) is 7.40. The van der Waals surface area contributed by atoms with Crippen molar-refractivity contribution in [3.63, 3.8) is 0 Å². The third kappa shape index (κ3) is 5.86. The molecule has 2 aromatic carbocycles. The Morgan fingerprint density at radius 1 is 1.03 bits per heavy atom. The van der Waals surface area contributed by atoms with E-state index in [1.54, 1.807) is 41.2 Å². The molecule has 4 aromatic rings. The van der Waals surface area contributed by atoms with E-state index in [2.05, 4.69) is 20.4 Å². The molecule has 1 amide bonds. The molecule has 4 rings (SSSR count). The lowest BCUT2D eigenvalue weighted by molar-refractivity contribution is -0.137. The molecule has 7 nitrogen and oxygen atoms in total. The summed E-state index contributed by atoms with van der Waals surface area (Å²) in [6.07, 6.45) is 0.435. The van der Waals surface area contributed by atoms with E-state index < -0.39 is 11.7 Å². The molecular formula is C27H27F3N6O. The number of alkyl halides is 3. The molecule has 0 aliphatic heterocycles. The third-order valence-electron chi connectivity index (χ3n) is 6.05. The van der Waals surface area contributed by atoms with Gasteiger partial charge in [0.25, 0.3) is 5.91 Å². The van der Waals surface area contributed by atoms with Crippen LogP contribution in [-0.4, -0.2) is 25.7 Å². The Bertz CT molecular complexity index is 1400. The number of benzene rings is 2. The van der Waals surface area contributed by atoms with E-state index in [1.165, 1.54) is 12.4 Å². The predicted octanol–water partition coefficient (Wildman–Crippen LogP) is 5.56. The van der Waals surface area contributed by atoms with Crippen LogP contribution in [0.4, 0.5) is 13.2 Å². The van der Waals surface area contributed by atoms with Gasteiger partial charge in [-0.3, -0.25) is 9.48 Å². The molecule has 192 valence electrons. The maximum absolute atomic E-state index is 13.2. The molecule has 0 saturated heterocycles. The highest BCUT2D eigenvalue weighted by molar-refractivity contribution is 5.93. The van der Waals surface area contributed by atoms with Gasteiger partial charge >= 0.3 is 6.18 Å². The monoisotopic (exact) mass is 508 g/mol. The molecule has 2 heterocycles. The van der Waals surface area contributed by atoms with Crippen LogP contribution in [0, 0.1) is 0 Å². The molecule has 0 spiro atoms. The molecule has 10 heteroatoms. The molecular weight excluding hydrogens is 481 g/mol. The van der Waals surface area contributed by atoms with Gasteiger partial charge in [-0.15, -0.1) is 0 Å². The van der Waals surface area contributed by atoms with Crippen molar-refractivity contribution in [3.05, 3.63) is 89.6 Å². The van der Waals surface area contributed by atoms with Crippen LogP contribution in [0.15, 0.2) is 67.3 Å². The fourth-order valence-corrected chi connectivity index (χ4v) is 3.90. The van der Waals surface area contributed by atoms with E-state index in [4.69, 9.17) is 5.73 Å². The first-order valence-electron chi connectivity index (χ1n) is 11.7. The summed E-state index contributed by atoms with van der Waals surface area (Å²) >= 11 is 0. The van der Waals surface area contributed by atoms with Gasteiger partial charge in [0.1, 0.15) is 12.0 Å². The van der Waals surface area contributed by atoms with Crippen molar-refractivity contribution < 1.29 is 18.0 Å². The maximum atomic E-state index is 13.2. The number of hydrogen-bond acceptors (Lipinski definition) is 5. The lowest BCUT2D eigenvalue weighted by atomic mass is 9.95. The van der Waals surface area contributed by atoms with Crippen molar-refractivity contribution in [3.8, 4) is 22.4 Å². The van der Waals surface area contributed by atoms with Crippen molar-refractivity contribution in [1.29, 1.82) is 0 Å². The van der Waals surface area contributed by atoms with Crippen molar-refractivity contribution in [2.45, 2.75) is 45.6 Å².